The molecule has 0 unspecified atom stereocenters. The number of rotatable bonds is 4. The first-order valence-corrected chi connectivity index (χ1v) is 7.12. The molecule has 22 heavy (non-hydrogen) atoms. The Morgan fingerprint density at radius 2 is 2.05 bits per heavy atom. The van der Waals surface area contributed by atoms with Crippen LogP contribution < -0.4 is 4.74 Å². The minimum atomic E-state index is -1.63. The van der Waals surface area contributed by atoms with E-state index in [4.69, 9.17) is 9.84 Å². The molecule has 0 aliphatic carbocycles. The highest BCUT2D eigenvalue weighted by molar-refractivity contribution is 7.17. The van der Waals surface area contributed by atoms with Crippen molar-refractivity contribution in [2.45, 2.75) is 13.0 Å². The molecule has 0 atom stereocenters. The Balaban J connectivity index is 1.95. The van der Waals surface area contributed by atoms with Crippen molar-refractivity contribution in [3.63, 3.8) is 0 Å². The Bertz CT molecular complexity index is 808. The first-order chi connectivity index (χ1) is 10.5. The first kappa shape index (κ1) is 14.4. The lowest BCUT2D eigenvalue weighted by atomic mass is 10.1. The van der Waals surface area contributed by atoms with Crippen molar-refractivity contribution >= 4 is 28.9 Å². The van der Waals surface area contributed by atoms with Gasteiger partial charge in [-0.05, 0) is 24.3 Å². The van der Waals surface area contributed by atoms with Gasteiger partial charge in [0.05, 0.1) is 11.3 Å². The van der Waals surface area contributed by atoms with Gasteiger partial charge in [0.15, 0.2) is 5.78 Å². The number of carboxylic acids is 1. The van der Waals surface area contributed by atoms with Gasteiger partial charge in [0.25, 0.3) is 0 Å². The van der Waals surface area contributed by atoms with Crippen LogP contribution in [0.3, 0.4) is 0 Å². The van der Waals surface area contributed by atoms with E-state index in [1.807, 2.05) is 0 Å². The first-order valence-electron chi connectivity index (χ1n) is 6.30. The fraction of sp³-hybridized carbons (Fsp3) is 0.133. The summed E-state index contributed by atoms with van der Waals surface area (Å²) in [7, 11) is 0. The molecule has 112 valence electrons. The Morgan fingerprint density at radius 1 is 1.27 bits per heavy atom. The summed E-state index contributed by atoms with van der Waals surface area (Å²) in [5.74, 6) is -3.25. The summed E-state index contributed by atoms with van der Waals surface area (Å²) < 4.78 is 18.9. The molecule has 0 amide bonds. The van der Waals surface area contributed by atoms with Crippen LogP contribution in [0.1, 0.15) is 21.7 Å². The number of thiophene rings is 1. The van der Waals surface area contributed by atoms with Gasteiger partial charge in [0.1, 0.15) is 18.2 Å². The van der Waals surface area contributed by atoms with E-state index in [9.17, 15) is 18.8 Å². The van der Waals surface area contributed by atoms with Crippen LogP contribution in [0.5, 0.6) is 5.75 Å². The van der Waals surface area contributed by atoms with Gasteiger partial charge < -0.3 is 9.84 Å². The molecule has 1 N–H and O–H groups in total. The number of aliphatic carboxylic acids is 1. The molecule has 0 spiro atoms. The molecule has 7 heteroatoms. The summed E-state index contributed by atoms with van der Waals surface area (Å²) in [5, 5.41) is 8.54. The van der Waals surface area contributed by atoms with Gasteiger partial charge in [-0.25, -0.2) is 9.18 Å². The highest BCUT2D eigenvalue weighted by Gasteiger charge is 2.25. The zero-order valence-corrected chi connectivity index (χ0v) is 11.9. The van der Waals surface area contributed by atoms with Gasteiger partial charge in [-0.1, -0.05) is 0 Å². The van der Waals surface area contributed by atoms with E-state index < -0.39 is 29.8 Å². The van der Waals surface area contributed by atoms with Crippen LogP contribution in [0.4, 0.5) is 4.39 Å². The lowest BCUT2D eigenvalue weighted by molar-refractivity contribution is -0.148. The quantitative estimate of drug-likeness (QED) is 0.532. The number of ether oxygens (including phenoxy) is 1. The van der Waals surface area contributed by atoms with Gasteiger partial charge in [0, 0.05) is 16.0 Å². The third-order valence-electron chi connectivity index (χ3n) is 3.21. The predicted octanol–water partition coefficient (Wildman–Crippen LogP) is 2.67. The summed E-state index contributed by atoms with van der Waals surface area (Å²) in [6.07, 6.45) is -0.689. The van der Waals surface area contributed by atoms with Gasteiger partial charge in [0.2, 0.25) is 5.78 Å². The monoisotopic (exact) mass is 320 g/mol. The molecule has 0 saturated carbocycles. The van der Waals surface area contributed by atoms with Crippen molar-refractivity contribution in [3.8, 4) is 16.2 Å². The summed E-state index contributed by atoms with van der Waals surface area (Å²) in [4.78, 5) is 34.6. The van der Waals surface area contributed by atoms with Crippen LogP contribution in [0.15, 0.2) is 24.3 Å². The highest BCUT2D eigenvalue weighted by atomic mass is 32.1. The number of carboxylic acid groups (broad SMARTS) is 1. The number of carbonyl (C=O) groups excluding carboxylic acids is 2. The molecule has 1 aliphatic heterocycles. The molecule has 2 aromatic rings. The van der Waals surface area contributed by atoms with Crippen molar-refractivity contribution in [1.82, 2.24) is 0 Å². The van der Waals surface area contributed by atoms with Crippen molar-refractivity contribution in [2.24, 2.45) is 0 Å². The normalized spacial score (nSPS) is 12.0. The number of halogens is 1. The Morgan fingerprint density at radius 3 is 2.77 bits per heavy atom. The van der Waals surface area contributed by atoms with Crippen molar-refractivity contribution in [1.29, 1.82) is 0 Å². The van der Waals surface area contributed by atoms with E-state index in [-0.39, 0.29) is 11.5 Å². The molecule has 1 aliphatic rings. The SMILES string of the molecule is O=C(O)C(=O)CC(=O)c1cc2c(s1)-c1cc(F)ccc1OC2. The van der Waals surface area contributed by atoms with E-state index in [2.05, 4.69) is 0 Å². The van der Waals surface area contributed by atoms with Crippen LogP contribution >= 0.6 is 11.3 Å². The maximum Gasteiger partial charge on any atom is 0.372 e. The summed E-state index contributed by atoms with van der Waals surface area (Å²) in [6.45, 7) is 0.241. The van der Waals surface area contributed by atoms with E-state index in [0.717, 1.165) is 11.3 Å². The number of carbonyl (C=O) groups is 3. The number of Topliss-reactive ketones (excluding diaryl/α,β-unsaturated/α-hetero) is 2. The Hall–Kier alpha value is -2.54. The maximum absolute atomic E-state index is 13.4. The van der Waals surface area contributed by atoms with Gasteiger partial charge in [-0.2, -0.15) is 0 Å². The second-order valence-corrected chi connectivity index (χ2v) is 5.77. The molecule has 1 aromatic carbocycles. The Labute approximate surface area is 128 Å². The summed E-state index contributed by atoms with van der Waals surface area (Å²) in [6, 6.07) is 5.68. The molecule has 5 nitrogen and oxygen atoms in total. The molecular formula is C15H9FO5S. The standard InChI is InChI=1S/C15H9FO5S/c16-8-1-2-12-9(4-8)14-7(6-21-12)3-13(22-14)10(17)5-11(18)15(19)20/h1-4H,5-6H2,(H,19,20). The third kappa shape index (κ3) is 2.50. The zero-order valence-electron chi connectivity index (χ0n) is 11.1. The van der Waals surface area contributed by atoms with E-state index in [0.29, 0.717) is 21.8 Å². The number of fused-ring (bicyclic) bond motifs is 3. The molecule has 3 rings (SSSR count). The van der Waals surface area contributed by atoms with Gasteiger partial charge in [-0.15, -0.1) is 11.3 Å². The fourth-order valence-electron chi connectivity index (χ4n) is 2.17. The highest BCUT2D eigenvalue weighted by Crippen LogP contribution is 2.42. The van der Waals surface area contributed by atoms with Crippen molar-refractivity contribution in [3.05, 3.63) is 40.5 Å². The molecule has 1 aromatic heterocycles. The molecule has 0 fully saturated rings. The lowest BCUT2D eigenvalue weighted by Crippen LogP contribution is -2.16. The van der Waals surface area contributed by atoms with Crippen LogP contribution in [0.2, 0.25) is 0 Å². The summed E-state index contributed by atoms with van der Waals surface area (Å²) in [5.41, 5.74) is 1.27. The van der Waals surface area contributed by atoms with Crippen molar-refractivity contribution < 1.29 is 28.6 Å². The number of benzene rings is 1. The molecule has 0 radical (unpaired) electrons. The van der Waals surface area contributed by atoms with Gasteiger partial charge in [-0.3, -0.25) is 9.59 Å². The molecular weight excluding hydrogens is 311 g/mol. The van der Waals surface area contributed by atoms with Crippen LogP contribution in [0.25, 0.3) is 10.4 Å². The zero-order chi connectivity index (χ0) is 15.9. The molecule has 0 bridgehead atoms. The van der Waals surface area contributed by atoms with E-state index >= 15 is 0 Å². The van der Waals surface area contributed by atoms with Crippen LogP contribution in [-0.4, -0.2) is 22.6 Å². The second kappa shape index (κ2) is 5.34. The lowest BCUT2D eigenvalue weighted by Gasteiger charge is -2.17. The predicted molar refractivity (Wildman–Crippen MR) is 75.6 cm³/mol. The number of ketones is 2. The fourth-order valence-corrected chi connectivity index (χ4v) is 3.30. The number of hydrogen-bond donors (Lipinski definition) is 1. The maximum atomic E-state index is 13.4. The number of hydrogen-bond acceptors (Lipinski definition) is 5. The van der Waals surface area contributed by atoms with Crippen molar-refractivity contribution in [2.75, 3.05) is 0 Å². The third-order valence-corrected chi connectivity index (χ3v) is 4.46. The second-order valence-electron chi connectivity index (χ2n) is 4.72. The van der Waals surface area contributed by atoms with E-state index in [1.54, 1.807) is 6.07 Å². The largest absolute Gasteiger partial charge is 0.488 e. The molecule has 2 heterocycles. The van der Waals surface area contributed by atoms with Gasteiger partial charge >= 0.3 is 5.97 Å². The topological polar surface area (TPSA) is 80.7 Å². The average Bonchev–Trinajstić information content (AvgIpc) is 2.91. The average molecular weight is 320 g/mol. The Kier molecular flexibility index (Phi) is 3.50. The van der Waals surface area contributed by atoms with E-state index in [1.165, 1.54) is 18.2 Å². The minimum absolute atomic E-state index is 0.241. The smallest absolute Gasteiger partial charge is 0.372 e. The van der Waals surface area contributed by atoms with Crippen LogP contribution in [0, 0.1) is 5.82 Å². The minimum Gasteiger partial charge on any atom is -0.488 e. The molecule has 0 saturated heterocycles. The summed E-state index contributed by atoms with van der Waals surface area (Å²) >= 11 is 1.11. The van der Waals surface area contributed by atoms with Crippen LogP contribution in [-0.2, 0) is 16.2 Å².